The van der Waals surface area contributed by atoms with Crippen LogP contribution in [0.1, 0.15) is 57.4 Å². The first-order valence-electron chi connectivity index (χ1n) is 7.00. The van der Waals surface area contributed by atoms with Gasteiger partial charge in [-0.25, -0.2) is 0 Å². The van der Waals surface area contributed by atoms with Gasteiger partial charge in [0.15, 0.2) is 0 Å². The third kappa shape index (κ3) is 6.91. The monoisotopic (exact) mass is 271 g/mol. The molecule has 1 heterocycles. The second-order valence-corrected chi connectivity index (χ2v) is 5.46. The van der Waals surface area contributed by atoms with Crippen LogP contribution in [0.25, 0.3) is 0 Å². The van der Waals surface area contributed by atoms with Gasteiger partial charge < -0.3 is 10.1 Å². The fourth-order valence-electron chi connectivity index (χ4n) is 1.58. The SMILES string of the molecule is CCCCCCCOCc1nnc(NCCC)s1. The molecule has 0 unspecified atom stereocenters. The van der Waals surface area contributed by atoms with Crippen molar-refractivity contribution in [1.29, 1.82) is 0 Å². The van der Waals surface area contributed by atoms with Crippen molar-refractivity contribution in [2.45, 2.75) is 59.0 Å². The number of nitrogens with one attached hydrogen (secondary N) is 1. The Morgan fingerprint density at radius 1 is 1.06 bits per heavy atom. The summed E-state index contributed by atoms with van der Waals surface area (Å²) >= 11 is 1.59. The molecule has 0 aliphatic rings. The number of rotatable bonds is 11. The average molecular weight is 271 g/mol. The minimum atomic E-state index is 0.596. The van der Waals surface area contributed by atoms with E-state index in [0.717, 1.165) is 36.1 Å². The second-order valence-electron chi connectivity index (χ2n) is 4.39. The topological polar surface area (TPSA) is 47.0 Å². The summed E-state index contributed by atoms with van der Waals surface area (Å²) in [6.45, 7) is 6.75. The molecule has 0 radical (unpaired) electrons. The predicted molar refractivity (Wildman–Crippen MR) is 77.1 cm³/mol. The number of hydrogen-bond donors (Lipinski definition) is 1. The van der Waals surface area contributed by atoms with Crippen LogP contribution in [0.15, 0.2) is 0 Å². The quantitative estimate of drug-likeness (QED) is 0.621. The minimum Gasteiger partial charge on any atom is -0.374 e. The first kappa shape index (κ1) is 15.4. The van der Waals surface area contributed by atoms with Crippen LogP contribution < -0.4 is 5.32 Å². The van der Waals surface area contributed by atoms with Crippen LogP contribution in [-0.2, 0) is 11.3 Å². The van der Waals surface area contributed by atoms with Crippen molar-refractivity contribution in [1.82, 2.24) is 10.2 Å². The minimum absolute atomic E-state index is 0.596. The van der Waals surface area contributed by atoms with Crippen LogP contribution in [0.3, 0.4) is 0 Å². The lowest BCUT2D eigenvalue weighted by atomic mass is 10.2. The van der Waals surface area contributed by atoms with E-state index in [9.17, 15) is 0 Å². The Bertz CT molecular complexity index is 304. The van der Waals surface area contributed by atoms with E-state index in [0.29, 0.717) is 6.61 Å². The molecule has 0 bridgehead atoms. The number of hydrogen-bond acceptors (Lipinski definition) is 5. The van der Waals surface area contributed by atoms with Crippen molar-refractivity contribution in [2.24, 2.45) is 0 Å². The van der Waals surface area contributed by atoms with E-state index in [1.54, 1.807) is 11.3 Å². The number of anilines is 1. The average Bonchev–Trinajstić information content (AvgIpc) is 2.83. The summed E-state index contributed by atoms with van der Waals surface area (Å²) in [5.41, 5.74) is 0. The van der Waals surface area contributed by atoms with Crippen molar-refractivity contribution in [3.8, 4) is 0 Å². The van der Waals surface area contributed by atoms with Gasteiger partial charge in [0.2, 0.25) is 5.13 Å². The van der Waals surface area contributed by atoms with E-state index in [1.165, 1.54) is 25.7 Å². The van der Waals surface area contributed by atoms with Crippen LogP contribution in [0.4, 0.5) is 5.13 Å². The van der Waals surface area contributed by atoms with Crippen molar-refractivity contribution in [3.05, 3.63) is 5.01 Å². The molecule has 1 N–H and O–H groups in total. The fourth-order valence-corrected chi connectivity index (χ4v) is 2.29. The fraction of sp³-hybridized carbons (Fsp3) is 0.846. The van der Waals surface area contributed by atoms with Crippen LogP contribution in [-0.4, -0.2) is 23.3 Å². The summed E-state index contributed by atoms with van der Waals surface area (Å²) in [6, 6.07) is 0. The van der Waals surface area contributed by atoms with Gasteiger partial charge >= 0.3 is 0 Å². The lowest BCUT2D eigenvalue weighted by molar-refractivity contribution is 0.116. The van der Waals surface area contributed by atoms with Crippen LogP contribution in [0.2, 0.25) is 0 Å². The molecule has 0 saturated heterocycles. The van der Waals surface area contributed by atoms with Crippen molar-refractivity contribution in [2.75, 3.05) is 18.5 Å². The third-order valence-electron chi connectivity index (χ3n) is 2.61. The highest BCUT2D eigenvalue weighted by Gasteiger charge is 2.02. The van der Waals surface area contributed by atoms with Gasteiger partial charge in [-0.3, -0.25) is 0 Å². The Hall–Kier alpha value is -0.680. The Morgan fingerprint density at radius 3 is 2.67 bits per heavy atom. The molecule has 0 amide bonds. The molecule has 0 aromatic carbocycles. The van der Waals surface area contributed by atoms with Gasteiger partial charge in [-0.05, 0) is 12.8 Å². The Labute approximate surface area is 114 Å². The number of ether oxygens (including phenoxy) is 1. The standard InChI is InChI=1S/C13H25N3OS/c1-3-5-6-7-8-10-17-11-12-15-16-13(18-12)14-9-4-2/h3-11H2,1-2H3,(H,14,16). The van der Waals surface area contributed by atoms with Crippen LogP contribution in [0.5, 0.6) is 0 Å². The largest absolute Gasteiger partial charge is 0.374 e. The lowest BCUT2D eigenvalue weighted by Crippen LogP contribution is -1.98. The van der Waals surface area contributed by atoms with Crippen LogP contribution in [0, 0.1) is 0 Å². The lowest BCUT2D eigenvalue weighted by Gasteiger charge is -2.01. The molecular formula is C13H25N3OS. The summed E-state index contributed by atoms with van der Waals surface area (Å²) in [4.78, 5) is 0. The summed E-state index contributed by atoms with van der Waals surface area (Å²) < 4.78 is 5.60. The van der Waals surface area contributed by atoms with E-state index in [1.807, 2.05) is 0 Å². The number of nitrogens with zero attached hydrogens (tertiary/aromatic N) is 2. The zero-order valence-electron chi connectivity index (χ0n) is 11.6. The van der Waals surface area contributed by atoms with Crippen molar-refractivity contribution < 1.29 is 4.74 Å². The molecule has 0 fully saturated rings. The third-order valence-corrected chi connectivity index (χ3v) is 3.47. The van der Waals surface area contributed by atoms with Crippen LogP contribution >= 0.6 is 11.3 Å². The summed E-state index contributed by atoms with van der Waals surface area (Å²) in [5, 5.41) is 13.3. The number of aromatic nitrogens is 2. The molecule has 0 aliphatic heterocycles. The molecule has 104 valence electrons. The smallest absolute Gasteiger partial charge is 0.205 e. The zero-order valence-corrected chi connectivity index (χ0v) is 12.4. The van der Waals surface area contributed by atoms with E-state index in [-0.39, 0.29) is 0 Å². The summed E-state index contributed by atoms with van der Waals surface area (Å²) in [6.07, 6.45) is 7.47. The Balaban J connectivity index is 2.03. The second kappa shape index (κ2) is 10.3. The molecule has 18 heavy (non-hydrogen) atoms. The van der Waals surface area contributed by atoms with E-state index in [4.69, 9.17) is 4.74 Å². The molecule has 1 aromatic rings. The highest BCUT2D eigenvalue weighted by atomic mass is 32.1. The normalized spacial score (nSPS) is 10.8. The number of unbranched alkanes of at least 4 members (excludes halogenated alkanes) is 4. The maximum Gasteiger partial charge on any atom is 0.205 e. The zero-order chi connectivity index (χ0) is 13.1. The van der Waals surface area contributed by atoms with E-state index in [2.05, 4.69) is 29.4 Å². The van der Waals surface area contributed by atoms with Gasteiger partial charge in [-0.15, -0.1) is 10.2 Å². The molecule has 0 atom stereocenters. The van der Waals surface area contributed by atoms with Gasteiger partial charge in [0.1, 0.15) is 11.6 Å². The van der Waals surface area contributed by atoms with Gasteiger partial charge in [0.05, 0.1) is 0 Å². The molecule has 0 saturated carbocycles. The maximum absolute atomic E-state index is 5.60. The van der Waals surface area contributed by atoms with Crippen molar-refractivity contribution >= 4 is 16.5 Å². The highest BCUT2D eigenvalue weighted by Crippen LogP contribution is 2.15. The molecule has 4 nitrogen and oxygen atoms in total. The van der Waals surface area contributed by atoms with E-state index >= 15 is 0 Å². The first-order valence-corrected chi connectivity index (χ1v) is 7.82. The Kier molecular flexibility index (Phi) is 8.77. The highest BCUT2D eigenvalue weighted by molar-refractivity contribution is 7.15. The molecule has 0 spiro atoms. The molecule has 0 aliphatic carbocycles. The molecular weight excluding hydrogens is 246 g/mol. The van der Waals surface area contributed by atoms with Gasteiger partial charge in [-0.1, -0.05) is 50.9 Å². The van der Waals surface area contributed by atoms with Gasteiger partial charge in [-0.2, -0.15) is 0 Å². The van der Waals surface area contributed by atoms with E-state index < -0.39 is 0 Å². The van der Waals surface area contributed by atoms with Gasteiger partial charge in [0.25, 0.3) is 0 Å². The summed E-state index contributed by atoms with van der Waals surface area (Å²) in [7, 11) is 0. The van der Waals surface area contributed by atoms with Crippen molar-refractivity contribution in [3.63, 3.8) is 0 Å². The Morgan fingerprint density at radius 2 is 1.89 bits per heavy atom. The predicted octanol–water partition coefficient (Wildman–Crippen LogP) is 3.85. The molecule has 1 rings (SSSR count). The molecule has 5 heteroatoms. The maximum atomic E-state index is 5.60. The summed E-state index contributed by atoms with van der Waals surface area (Å²) in [5.74, 6) is 0. The molecule has 1 aromatic heterocycles. The first-order chi connectivity index (χ1) is 8.86. The van der Waals surface area contributed by atoms with Gasteiger partial charge in [0, 0.05) is 13.2 Å².